The molecule has 0 aliphatic carbocycles. The van der Waals surface area contributed by atoms with E-state index in [2.05, 4.69) is 241 Å². The highest BCUT2D eigenvalue weighted by atomic mass is 32.1. The second-order valence-electron chi connectivity index (χ2n) is 16.0. The lowest BCUT2D eigenvalue weighted by molar-refractivity contribution is 1.30. The maximum Gasteiger partial charge on any atom is 0.0640 e. The Morgan fingerprint density at radius 3 is 1.65 bits per heavy atom. The molecule has 1 aromatic heterocycles. The topological polar surface area (TPSA) is 3.24 Å². The smallest absolute Gasteiger partial charge is 0.0640 e. The fourth-order valence-electron chi connectivity index (χ4n) is 9.69. The Kier molecular flexibility index (Phi) is 8.76. The summed E-state index contributed by atoms with van der Waals surface area (Å²) in [5.74, 6) is 0. The number of hydrogen-bond acceptors (Lipinski definition) is 2. The first-order chi connectivity index (χ1) is 30.8. The van der Waals surface area contributed by atoms with E-state index in [1.165, 1.54) is 91.4 Å². The van der Waals surface area contributed by atoms with Crippen LogP contribution < -0.4 is 4.90 Å². The molecule has 0 fully saturated rings. The summed E-state index contributed by atoms with van der Waals surface area (Å²) in [4.78, 5) is 2.50. The van der Waals surface area contributed by atoms with Crippen molar-refractivity contribution in [1.82, 2.24) is 0 Å². The Morgan fingerprint density at radius 2 is 0.823 bits per heavy atom. The molecule has 0 aliphatic rings. The zero-order chi connectivity index (χ0) is 41.0. The molecule has 0 unspecified atom stereocenters. The third-order valence-electron chi connectivity index (χ3n) is 12.4. The number of anilines is 3. The summed E-state index contributed by atoms with van der Waals surface area (Å²) in [5, 5.41) is 10.0. The molecular weight excluding hydrogens is 767 g/mol. The van der Waals surface area contributed by atoms with Crippen LogP contribution in [0.15, 0.2) is 237 Å². The molecule has 2 heteroatoms. The van der Waals surface area contributed by atoms with Crippen LogP contribution >= 0.6 is 11.3 Å². The maximum absolute atomic E-state index is 2.50. The van der Waals surface area contributed by atoms with Crippen LogP contribution in [0, 0.1) is 0 Å². The number of para-hydroxylation sites is 1. The molecule has 12 rings (SSSR count). The molecule has 12 aromatic rings. The van der Waals surface area contributed by atoms with Gasteiger partial charge in [-0.3, -0.25) is 0 Å². The average Bonchev–Trinajstić information content (AvgIpc) is 3.74. The van der Waals surface area contributed by atoms with E-state index >= 15 is 0 Å². The Bertz CT molecular complexity index is 3630. The SMILES string of the molecule is c1ccc(-c2c(-c3ccccc3)c3cc(-c4ccccc4N(c4cccc(-c5cccc6ccccc56)c4)c4cccc5c4sc4ccccc45)ccc3c3ccccc23)cc1. The lowest BCUT2D eigenvalue weighted by Crippen LogP contribution is -2.11. The number of rotatable bonds is 7. The lowest BCUT2D eigenvalue weighted by atomic mass is 9.84. The molecule has 0 saturated heterocycles. The number of benzene rings is 11. The molecule has 0 atom stereocenters. The third kappa shape index (κ3) is 5.99. The molecule has 0 saturated carbocycles. The summed E-state index contributed by atoms with van der Waals surface area (Å²) in [6, 6.07) is 86.8. The zero-order valence-corrected chi connectivity index (χ0v) is 34.7. The highest BCUT2D eigenvalue weighted by Gasteiger charge is 2.23. The van der Waals surface area contributed by atoms with Gasteiger partial charge in [0.1, 0.15) is 0 Å². The fourth-order valence-corrected chi connectivity index (χ4v) is 10.9. The van der Waals surface area contributed by atoms with Gasteiger partial charge in [-0.1, -0.05) is 200 Å². The van der Waals surface area contributed by atoms with Gasteiger partial charge in [-0.2, -0.15) is 0 Å². The summed E-state index contributed by atoms with van der Waals surface area (Å²) in [5.41, 5.74) is 13.1. The molecule has 62 heavy (non-hydrogen) atoms. The summed E-state index contributed by atoms with van der Waals surface area (Å²) >= 11 is 1.87. The van der Waals surface area contributed by atoms with Crippen LogP contribution in [0.25, 0.3) is 97.0 Å². The Hall–Kier alpha value is -7.78. The summed E-state index contributed by atoms with van der Waals surface area (Å²) in [7, 11) is 0. The van der Waals surface area contributed by atoms with Gasteiger partial charge in [-0.25, -0.2) is 0 Å². The van der Waals surface area contributed by atoms with E-state index in [4.69, 9.17) is 0 Å². The van der Waals surface area contributed by atoms with E-state index < -0.39 is 0 Å². The Morgan fingerprint density at radius 1 is 0.290 bits per heavy atom. The fraction of sp³-hybridized carbons (Fsp3) is 0. The Labute approximate surface area is 365 Å². The van der Waals surface area contributed by atoms with Gasteiger partial charge in [-0.05, 0) is 108 Å². The molecule has 1 nitrogen and oxygen atoms in total. The van der Waals surface area contributed by atoms with Gasteiger partial charge >= 0.3 is 0 Å². The van der Waals surface area contributed by atoms with Gasteiger partial charge in [0.15, 0.2) is 0 Å². The molecule has 0 aliphatic heterocycles. The van der Waals surface area contributed by atoms with Gasteiger partial charge in [-0.15, -0.1) is 11.3 Å². The van der Waals surface area contributed by atoms with E-state index in [9.17, 15) is 0 Å². The first-order valence-corrected chi connectivity index (χ1v) is 22.1. The van der Waals surface area contributed by atoms with Crippen LogP contribution in [-0.2, 0) is 0 Å². The molecule has 0 radical (unpaired) electrons. The monoisotopic (exact) mass is 805 g/mol. The van der Waals surface area contributed by atoms with Crippen LogP contribution in [0.4, 0.5) is 17.1 Å². The molecular formula is C60H39NS. The first-order valence-electron chi connectivity index (χ1n) is 21.3. The van der Waals surface area contributed by atoms with E-state index in [0.29, 0.717) is 0 Å². The summed E-state index contributed by atoms with van der Waals surface area (Å²) in [6.07, 6.45) is 0. The van der Waals surface area contributed by atoms with Crippen molar-refractivity contribution in [2.45, 2.75) is 0 Å². The molecule has 1 heterocycles. The van der Waals surface area contributed by atoms with Crippen LogP contribution in [-0.4, -0.2) is 0 Å². The maximum atomic E-state index is 2.50. The van der Waals surface area contributed by atoms with Crippen molar-refractivity contribution in [3.63, 3.8) is 0 Å². The highest BCUT2D eigenvalue weighted by Crippen LogP contribution is 2.50. The molecule has 0 N–H and O–H groups in total. The quantitative estimate of drug-likeness (QED) is 0.145. The number of fused-ring (bicyclic) bond motifs is 7. The van der Waals surface area contributed by atoms with Gasteiger partial charge in [0.05, 0.1) is 16.1 Å². The van der Waals surface area contributed by atoms with Crippen molar-refractivity contribution >= 4 is 80.9 Å². The van der Waals surface area contributed by atoms with E-state index in [-0.39, 0.29) is 0 Å². The van der Waals surface area contributed by atoms with Crippen LogP contribution in [0.1, 0.15) is 0 Å². The van der Waals surface area contributed by atoms with Crippen molar-refractivity contribution in [3.8, 4) is 44.5 Å². The van der Waals surface area contributed by atoms with E-state index in [1.54, 1.807) is 0 Å². The first kappa shape index (κ1) is 36.1. The predicted octanol–water partition coefficient (Wildman–Crippen LogP) is 17.7. The minimum atomic E-state index is 1.11. The van der Waals surface area contributed by atoms with Crippen LogP contribution in [0.3, 0.4) is 0 Å². The molecule has 11 aromatic carbocycles. The predicted molar refractivity (Wildman–Crippen MR) is 268 cm³/mol. The van der Waals surface area contributed by atoms with Gasteiger partial charge in [0, 0.05) is 26.7 Å². The third-order valence-corrected chi connectivity index (χ3v) is 13.6. The van der Waals surface area contributed by atoms with Gasteiger partial charge in [0.25, 0.3) is 0 Å². The highest BCUT2D eigenvalue weighted by molar-refractivity contribution is 7.26. The molecule has 290 valence electrons. The summed E-state index contributed by atoms with van der Waals surface area (Å²) < 4.78 is 2.56. The standard InChI is InChI=1S/C60H39NS/c1-3-19-41(20-4-1)58-52-30-10-9-28-49(52)50-37-36-44(39-54(50)59(58)42-21-5-2-6-22-42)48-27-11-13-33-55(48)61(56-34-17-32-53-51-29-12-14-35-57(51)62-60(53)56)45-25-15-24-43(38-45)47-31-16-23-40-18-7-8-26-46(40)47/h1-39H. The van der Waals surface area contributed by atoms with Crippen molar-refractivity contribution in [3.05, 3.63) is 237 Å². The number of hydrogen-bond donors (Lipinski definition) is 0. The number of thiophene rings is 1. The minimum absolute atomic E-state index is 1.11. The van der Waals surface area contributed by atoms with E-state index in [1.807, 2.05) is 11.3 Å². The summed E-state index contributed by atoms with van der Waals surface area (Å²) in [6.45, 7) is 0. The second kappa shape index (κ2) is 15.0. The van der Waals surface area contributed by atoms with Crippen molar-refractivity contribution in [1.29, 1.82) is 0 Å². The average molecular weight is 806 g/mol. The lowest BCUT2D eigenvalue weighted by Gasteiger charge is -2.29. The largest absolute Gasteiger partial charge is 0.308 e. The van der Waals surface area contributed by atoms with Gasteiger partial charge < -0.3 is 4.90 Å². The second-order valence-corrected chi connectivity index (χ2v) is 17.0. The number of nitrogens with zero attached hydrogens (tertiary/aromatic N) is 1. The van der Waals surface area contributed by atoms with Gasteiger partial charge in [0.2, 0.25) is 0 Å². The Balaban J connectivity index is 1.13. The van der Waals surface area contributed by atoms with Crippen LogP contribution in [0.2, 0.25) is 0 Å². The van der Waals surface area contributed by atoms with Crippen LogP contribution in [0.5, 0.6) is 0 Å². The zero-order valence-electron chi connectivity index (χ0n) is 33.9. The normalized spacial score (nSPS) is 11.5. The van der Waals surface area contributed by atoms with Crippen molar-refractivity contribution in [2.24, 2.45) is 0 Å². The van der Waals surface area contributed by atoms with Crippen molar-refractivity contribution in [2.75, 3.05) is 4.90 Å². The van der Waals surface area contributed by atoms with E-state index in [0.717, 1.165) is 22.6 Å². The molecule has 0 amide bonds. The molecule has 0 bridgehead atoms. The molecule has 0 spiro atoms. The van der Waals surface area contributed by atoms with Crippen molar-refractivity contribution < 1.29 is 0 Å². The minimum Gasteiger partial charge on any atom is -0.308 e.